The van der Waals surface area contributed by atoms with Gasteiger partial charge in [0, 0.05) is 32.4 Å². The number of pyridine rings is 1. The number of aromatic nitrogens is 1. The molecule has 0 bridgehead atoms. The highest BCUT2D eigenvalue weighted by Gasteiger charge is 2.29. The number of piperidine rings is 1. The van der Waals surface area contributed by atoms with Crippen LogP contribution < -0.4 is 0 Å². The van der Waals surface area contributed by atoms with Crippen molar-refractivity contribution in [1.29, 1.82) is 0 Å². The molecule has 1 saturated heterocycles. The molecule has 2 fully saturated rings. The van der Waals surface area contributed by atoms with E-state index in [4.69, 9.17) is 0 Å². The molecule has 1 saturated carbocycles. The lowest BCUT2D eigenvalue weighted by Gasteiger charge is -2.30. The summed E-state index contributed by atoms with van der Waals surface area (Å²) in [6.45, 7) is 3.84. The van der Waals surface area contributed by atoms with Crippen LogP contribution in [0.15, 0.2) is 28.3 Å². The van der Waals surface area contributed by atoms with Gasteiger partial charge in [-0.15, -0.1) is 0 Å². The lowest BCUT2D eigenvalue weighted by molar-refractivity contribution is -0.130. The first kappa shape index (κ1) is 21.6. The minimum atomic E-state index is -3.52. The molecule has 1 aromatic heterocycles. The smallest absolute Gasteiger partial charge is 0.244 e. The molecule has 156 valence electrons. The summed E-state index contributed by atoms with van der Waals surface area (Å²) >= 11 is 1.37. The fourth-order valence-electron chi connectivity index (χ4n) is 4.05. The summed E-state index contributed by atoms with van der Waals surface area (Å²) < 4.78 is 27.2. The van der Waals surface area contributed by atoms with E-state index in [0.29, 0.717) is 16.7 Å². The normalized spacial score (nSPS) is 21.8. The average Bonchev–Trinajstić information content (AvgIpc) is 2.72. The highest BCUT2D eigenvalue weighted by atomic mass is 32.2. The number of hydrogen-bond donors (Lipinski definition) is 0. The molecule has 0 radical (unpaired) electrons. The quantitative estimate of drug-likeness (QED) is 0.654. The van der Waals surface area contributed by atoms with Gasteiger partial charge in [0.15, 0.2) is 0 Å². The van der Waals surface area contributed by atoms with E-state index in [-0.39, 0.29) is 16.8 Å². The third-order valence-electron chi connectivity index (χ3n) is 5.83. The summed E-state index contributed by atoms with van der Waals surface area (Å²) in [5.74, 6) is 1.03. The zero-order chi connectivity index (χ0) is 20.1. The zero-order valence-electron chi connectivity index (χ0n) is 16.8. The number of nitrogens with zero attached hydrogens (tertiary/aromatic N) is 3. The van der Waals surface area contributed by atoms with Crippen molar-refractivity contribution in [3.63, 3.8) is 0 Å². The van der Waals surface area contributed by atoms with Crippen LogP contribution in [0.4, 0.5) is 0 Å². The van der Waals surface area contributed by atoms with E-state index in [0.717, 1.165) is 45.2 Å². The van der Waals surface area contributed by atoms with Crippen LogP contribution in [0.5, 0.6) is 0 Å². The van der Waals surface area contributed by atoms with E-state index >= 15 is 0 Å². The number of thioether (sulfide) groups is 1. The second kappa shape index (κ2) is 9.59. The SMILES string of the molecule is C[C@@H]1CCCN(C(=O)CSc2ccc(S(=O)(=O)N(C)C3CCCCC3)cn2)C1. The van der Waals surface area contributed by atoms with Crippen LogP contribution in [0.3, 0.4) is 0 Å². The molecule has 1 aliphatic carbocycles. The van der Waals surface area contributed by atoms with Crippen LogP contribution in [0.1, 0.15) is 51.9 Å². The third kappa shape index (κ3) is 5.27. The first-order chi connectivity index (χ1) is 13.4. The van der Waals surface area contributed by atoms with Crippen LogP contribution in [0.25, 0.3) is 0 Å². The first-order valence-corrected chi connectivity index (χ1v) is 12.6. The van der Waals surface area contributed by atoms with Crippen molar-refractivity contribution >= 4 is 27.7 Å². The van der Waals surface area contributed by atoms with E-state index in [2.05, 4.69) is 11.9 Å². The molecule has 8 heteroatoms. The number of carbonyl (C=O) groups is 1. The minimum absolute atomic E-state index is 0.0809. The molecule has 1 amide bonds. The molecular formula is C20H31N3O3S2. The molecule has 6 nitrogen and oxygen atoms in total. The van der Waals surface area contributed by atoms with Crippen molar-refractivity contribution in [3.8, 4) is 0 Å². The van der Waals surface area contributed by atoms with Crippen molar-refractivity contribution in [3.05, 3.63) is 18.3 Å². The molecule has 2 heterocycles. The fourth-order valence-corrected chi connectivity index (χ4v) is 6.16. The molecule has 0 unspecified atom stereocenters. The van der Waals surface area contributed by atoms with Gasteiger partial charge >= 0.3 is 0 Å². The molecule has 1 aliphatic heterocycles. The Labute approximate surface area is 173 Å². The minimum Gasteiger partial charge on any atom is -0.342 e. The van der Waals surface area contributed by atoms with Gasteiger partial charge in [-0.25, -0.2) is 13.4 Å². The largest absolute Gasteiger partial charge is 0.342 e. The van der Waals surface area contributed by atoms with Gasteiger partial charge in [-0.05, 0) is 43.7 Å². The van der Waals surface area contributed by atoms with E-state index in [1.807, 2.05) is 4.90 Å². The maximum atomic E-state index is 12.9. The summed E-state index contributed by atoms with van der Waals surface area (Å²) in [6, 6.07) is 3.40. The molecule has 3 rings (SSSR count). The molecule has 0 aromatic carbocycles. The van der Waals surface area contributed by atoms with Gasteiger partial charge in [-0.2, -0.15) is 4.31 Å². The Kier molecular flexibility index (Phi) is 7.39. The van der Waals surface area contributed by atoms with Crippen LogP contribution in [-0.2, 0) is 14.8 Å². The Morgan fingerprint density at radius 1 is 1.21 bits per heavy atom. The predicted octanol–water partition coefficient (Wildman–Crippen LogP) is 3.39. The van der Waals surface area contributed by atoms with Gasteiger partial charge in [0.25, 0.3) is 0 Å². The maximum absolute atomic E-state index is 12.9. The molecule has 2 aliphatic rings. The van der Waals surface area contributed by atoms with E-state index in [9.17, 15) is 13.2 Å². The maximum Gasteiger partial charge on any atom is 0.244 e. The topological polar surface area (TPSA) is 70.6 Å². The summed E-state index contributed by atoms with van der Waals surface area (Å²) in [6.07, 6.45) is 8.88. The van der Waals surface area contributed by atoms with Crippen molar-refractivity contribution in [2.24, 2.45) is 5.92 Å². The third-order valence-corrected chi connectivity index (χ3v) is 8.65. The molecule has 28 heavy (non-hydrogen) atoms. The second-order valence-corrected chi connectivity index (χ2v) is 11.0. The van der Waals surface area contributed by atoms with Crippen LogP contribution in [-0.4, -0.2) is 60.4 Å². The van der Waals surface area contributed by atoms with Gasteiger partial charge in [0.1, 0.15) is 4.90 Å². The number of hydrogen-bond acceptors (Lipinski definition) is 5. The predicted molar refractivity (Wildman–Crippen MR) is 112 cm³/mol. The Hall–Kier alpha value is -1.12. The fraction of sp³-hybridized carbons (Fsp3) is 0.700. The molecule has 0 spiro atoms. The van der Waals surface area contributed by atoms with Gasteiger partial charge in [0.2, 0.25) is 15.9 Å². The number of rotatable bonds is 6. The highest BCUT2D eigenvalue weighted by molar-refractivity contribution is 7.99. The van der Waals surface area contributed by atoms with E-state index in [1.54, 1.807) is 19.2 Å². The van der Waals surface area contributed by atoms with Crippen LogP contribution in [0, 0.1) is 5.92 Å². The zero-order valence-corrected chi connectivity index (χ0v) is 18.5. The summed E-state index contributed by atoms with van der Waals surface area (Å²) in [5.41, 5.74) is 0. The summed E-state index contributed by atoms with van der Waals surface area (Å²) in [7, 11) is -1.85. The molecule has 0 N–H and O–H groups in total. The number of sulfonamides is 1. The standard InChI is InChI=1S/C20H31N3O3S2/c1-16-7-6-12-23(14-16)20(24)15-27-19-11-10-18(13-21-19)28(25,26)22(2)17-8-4-3-5-9-17/h10-11,13,16-17H,3-9,12,14-15H2,1-2H3/t16-/m1/s1. The van der Waals surface area contributed by atoms with Crippen molar-refractivity contribution in [2.45, 2.75) is 67.8 Å². The molecule has 1 atom stereocenters. The highest BCUT2D eigenvalue weighted by Crippen LogP contribution is 2.27. The van der Waals surface area contributed by atoms with Crippen molar-refractivity contribution in [2.75, 3.05) is 25.9 Å². The Morgan fingerprint density at radius 3 is 2.61 bits per heavy atom. The lowest BCUT2D eigenvalue weighted by atomic mass is 9.96. The molecular weight excluding hydrogens is 394 g/mol. The summed E-state index contributed by atoms with van der Waals surface area (Å²) in [4.78, 5) is 18.8. The number of carbonyl (C=O) groups excluding carboxylic acids is 1. The van der Waals surface area contributed by atoms with Gasteiger partial charge in [0.05, 0.1) is 10.8 Å². The van der Waals surface area contributed by atoms with Crippen LogP contribution >= 0.6 is 11.8 Å². The average molecular weight is 426 g/mol. The second-order valence-electron chi connectivity index (χ2n) is 8.02. The van der Waals surface area contributed by atoms with Gasteiger partial charge in [-0.1, -0.05) is 37.9 Å². The Morgan fingerprint density at radius 2 is 1.96 bits per heavy atom. The molecule has 1 aromatic rings. The Bertz CT molecular complexity index is 761. The van der Waals surface area contributed by atoms with Gasteiger partial charge < -0.3 is 4.90 Å². The van der Waals surface area contributed by atoms with Gasteiger partial charge in [-0.3, -0.25) is 4.79 Å². The summed E-state index contributed by atoms with van der Waals surface area (Å²) in [5, 5.41) is 0.678. The Balaban J connectivity index is 1.57. The monoisotopic (exact) mass is 425 g/mol. The number of amides is 1. The van der Waals surface area contributed by atoms with Crippen molar-refractivity contribution < 1.29 is 13.2 Å². The van der Waals surface area contributed by atoms with E-state index < -0.39 is 10.0 Å². The van der Waals surface area contributed by atoms with Crippen molar-refractivity contribution in [1.82, 2.24) is 14.2 Å². The van der Waals surface area contributed by atoms with Crippen LogP contribution in [0.2, 0.25) is 0 Å². The van der Waals surface area contributed by atoms with E-state index in [1.165, 1.54) is 35.1 Å². The first-order valence-electron chi connectivity index (χ1n) is 10.2. The lowest BCUT2D eigenvalue weighted by Crippen LogP contribution is -2.40. The number of likely N-dealkylation sites (tertiary alicyclic amines) is 1.